The number of fused-ring (bicyclic) bond motifs is 1. The van der Waals surface area contributed by atoms with Gasteiger partial charge in [-0.3, -0.25) is 13.9 Å². The lowest BCUT2D eigenvalue weighted by molar-refractivity contribution is -0.116. The molecule has 3 aromatic rings. The summed E-state index contributed by atoms with van der Waals surface area (Å²) in [6, 6.07) is 10.1. The molecule has 0 spiro atoms. The summed E-state index contributed by atoms with van der Waals surface area (Å²) in [4.78, 5) is 24.5. The van der Waals surface area contributed by atoms with Crippen molar-refractivity contribution in [2.45, 2.75) is 11.4 Å². The lowest BCUT2D eigenvalue weighted by Gasteiger charge is -2.09. The van der Waals surface area contributed by atoms with Crippen LogP contribution in [0, 0.1) is 5.82 Å². The predicted molar refractivity (Wildman–Crippen MR) is 95.3 cm³/mol. The molecule has 26 heavy (non-hydrogen) atoms. The summed E-state index contributed by atoms with van der Waals surface area (Å²) >= 11 is 0. The molecule has 0 fully saturated rings. The van der Waals surface area contributed by atoms with Crippen molar-refractivity contribution in [2.75, 3.05) is 11.6 Å². The second kappa shape index (κ2) is 6.41. The van der Waals surface area contributed by atoms with Gasteiger partial charge in [0.2, 0.25) is 5.91 Å². The number of nitrogens with one attached hydrogen (secondary N) is 1. The molecule has 136 valence electrons. The number of halogens is 1. The molecule has 0 radical (unpaired) electrons. The van der Waals surface area contributed by atoms with Crippen LogP contribution in [0.4, 0.5) is 10.1 Å². The number of carbonyl (C=O) groups excluding carboxylic acids is 1. The number of amides is 1. The number of aryl methyl sites for hydroxylation is 1. The molecule has 1 aromatic heterocycles. The van der Waals surface area contributed by atoms with Crippen molar-refractivity contribution >= 4 is 32.5 Å². The third-order valence-electron chi connectivity index (χ3n) is 3.99. The maximum Gasteiger partial charge on any atom is 0.329 e. The maximum absolute atomic E-state index is 13.9. The standard InChI is InChI=1S/C17H16FN3O4S/c1-20-14-5-3-4-6-15(14)21(17(20)23)10-16(22)19-13-9-11(26(2,24)25)7-8-12(13)18/h3-9H,10H2,1-2H3,(H,19,22). The molecular weight excluding hydrogens is 361 g/mol. The fourth-order valence-corrected chi connectivity index (χ4v) is 3.33. The molecule has 2 aromatic carbocycles. The Morgan fingerprint density at radius 1 is 1.15 bits per heavy atom. The summed E-state index contributed by atoms with van der Waals surface area (Å²) in [5.74, 6) is -1.41. The van der Waals surface area contributed by atoms with Gasteiger partial charge in [0.15, 0.2) is 9.84 Å². The summed E-state index contributed by atoms with van der Waals surface area (Å²) in [5, 5.41) is 2.32. The fourth-order valence-electron chi connectivity index (χ4n) is 2.68. The van der Waals surface area contributed by atoms with Gasteiger partial charge in [-0.1, -0.05) is 12.1 Å². The molecule has 1 amide bonds. The Hall–Kier alpha value is -2.94. The van der Waals surface area contributed by atoms with E-state index < -0.39 is 21.6 Å². The maximum atomic E-state index is 13.9. The van der Waals surface area contributed by atoms with Crippen LogP contribution in [0.1, 0.15) is 0 Å². The zero-order valence-electron chi connectivity index (χ0n) is 14.1. The molecule has 0 aliphatic carbocycles. The monoisotopic (exact) mass is 377 g/mol. The lowest BCUT2D eigenvalue weighted by Crippen LogP contribution is -2.28. The predicted octanol–water partition coefficient (Wildman–Crippen LogP) is 1.52. The number of anilines is 1. The van der Waals surface area contributed by atoms with Gasteiger partial charge in [0.25, 0.3) is 0 Å². The van der Waals surface area contributed by atoms with Gasteiger partial charge < -0.3 is 5.32 Å². The minimum Gasteiger partial charge on any atom is -0.322 e. The second-order valence-electron chi connectivity index (χ2n) is 5.88. The molecule has 1 N–H and O–H groups in total. The Kier molecular flexibility index (Phi) is 4.41. The van der Waals surface area contributed by atoms with Crippen LogP contribution in [0.2, 0.25) is 0 Å². The van der Waals surface area contributed by atoms with Crippen LogP contribution in [-0.4, -0.2) is 29.7 Å². The number of carbonyl (C=O) groups is 1. The van der Waals surface area contributed by atoms with Crippen molar-refractivity contribution in [3.8, 4) is 0 Å². The first-order chi connectivity index (χ1) is 12.2. The van der Waals surface area contributed by atoms with Gasteiger partial charge >= 0.3 is 5.69 Å². The van der Waals surface area contributed by atoms with E-state index in [9.17, 15) is 22.4 Å². The first-order valence-electron chi connectivity index (χ1n) is 7.62. The van der Waals surface area contributed by atoms with Crippen molar-refractivity contribution in [3.63, 3.8) is 0 Å². The molecule has 0 aliphatic rings. The lowest BCUT2D eigenvalue weighted by atomic mass is 10.3. The Morgan fingerprint density at radius 3 is 2.46 bits per heavy atom. The molecule has 1 heterocycles. The quantitative estimate of drug-likeness (QED) is 0.698. The van der Waals surface area contributed by atoms with Crippen LogP contribution in [0.25, 0.3) is 11.0 Å². The normalized spacial score (nSPS) is 11.7. The topological polar surface area (TPSA) is 90.2 Å². The van der Waals surface area contributed by atoms with Gasteiger partial charge in [-0.15, -0.1) is 0 Å². The summed E-state index contributed by atoms with van der Waals surface area (Å²) in [7, 11) is -1.95. The summed E-state index contributed by atoms with van der Waals surface area (Å²) in [6.07, 6.45) is 0.988. The van der Waals surface area contributed by atoms with Crippen molar-refractivity contribution in [3.05, 3.63) is 58.8 Å². The molecule has 9 heteroatoms. The van der Waals surface area contributed by atoms with E-state index in [0.29, 0.717) is 11.0 Å². The van der Waals surface area contributed by atoms with Gasteiger partial charge in [0.05, 0.1) is 21.6 Å². The zero-order valence-corrected chi connectivity index (χ0v) is 14.9. The number of nitrogens with zero attached hydrogens (tertiary/aromatic N) is 2. The minimum absolute atomic E-state index is 0.114. The SMILES string of the molecule is Cn1c(=O)n(CC(=O)Nc2cc(S(C)(=O)=O)ccc2F)c2ccccc21. The highest BCUT2D eigenvalue weighted by molar-refractivity contribution is 7.90. The third-order valence-corrected chi connectivity index (χ3v) is 5.10. The van der Waals surface area contributed by atoms with E-state index in [-0.39, 0.29) is 22.8 Å². The Labute approximate surface area is 148 Å². The van der Waals surface area contributed by atoms with Gasteiger partial charge in [-0.05, 0) is 30.3 Å². The molecule has 7 nitrogen and oxygen atoms in total. The number of rotatable bonds is 4. The number of sulfone groups is 1. The highest BCUT2D eigenvalue weighted by atomic mass is 32.2. The highest BCUT2D eigenvalue weighted by Crippen LogP contribution is 2.20. The number of para-hydroxylation sites is 2. The molecule has 0 saturated carbocycles. The minimum atomic E-state index is -3.55. The third kappa shape index (κ3) is 3.25. The molecule has 0 bridgehead atoms. The number of hydrogen-bond acceptors (Lipinski definition) is 4. The first-order valence-corrected chi connectivity index (χ1v) is 9.51. The van der Waals surface area contributed by atoms with Gasteiger partial charge in [-0.25, -0.2) is 17.6 Å². The molecular formula is C17H16FN3O4S. The van der Waals surface area contributed by atoms with Crippen LogP contribution >= 0.6 is 0 Å². The van der Waals surface area contributed by atoms with E-state index in [1.54, 1.807) is 31.3 Å². The number of hydrogen-bond donors (Lipinski definition) is 1. The Bertz CT molecular complexity index is 1180. The van der Waals surface area contributed by atoms with Crippen LogP contribution in [0.15, 0.2) is 52.2 Å². The van der Waals surface area contributed by atoms with Crippen molar-refractivity contribution in [2.24, 2.45) is 7.05 Å². The molecule has 3 rings (SSSR count). The average molecular weight is 377 g/mol. The van der Waals surface area contributed by atoms with E-state index in [4.69, 9.17) is 0 Å². The average Bonchev–Trinajstić information content (AvgIpc) is 2.81. The second-order valence-corrected chi connectivity index (χ2v) is 7.89. The van der Waals surface area contributed by atoms with Crippen LogP contribution in [0.3, 0.4) is 0 Å². The van der Waals surface area contributed by atoms with Crippen molar-refractivity contribution < 1.29 is 17.6 Å². The van der Waals surface area contributed by atoms with Crippen LogP contribution in [0.5, 0.6) is 0 Å². The van der Waals surface area contributed by atoms with Crippen molar-refractivity contribution in [1.82, 2.24) is 9.13 Å². The largest absolute Gasteiger partial charge is 0.329 e. The number of benzene rings is 2. The van der Waals surface area contributed by atoms with E-state index in [0.717, 1.165) is 24.5 Å². The van der Waals surface area contributed by atoms with E-state index in [1.807, 2.05) is 0 Å². The Morgan fingerprint density at radius 2 is 1.81 bits per heavy atom. The molecule has 0 unspecified atom stereocenters. The smallest absolute Gasteiger partial charge is 0.322 e. The van der Waals surface area contributed by atoms with E-state index in [2.05, 4.69) is 5.32 Å². The first kappa shape index (κ1) is 17.9. The van der Waals surface area contributed by atoms with Crippen LogP contribution in [-0.2, 0) is 28.2 Å². The fraction of sp³-hybridized carbons (Fsp3) is 0.176. The summed E-state index contributed by atoms with van der Waals surface area (Å²) in [6.45, 7) is -0.331. The molecule has 0 saturated heterocycles. The molecule has 0 aliphatic heterocycles. The summed E-state index contributed by atoms with van der Waals surface area (Å²) < 4.78 is 39.8. The van der Waals surface area contributed by atoms with Crippen LogP contribution < -0.4 is 11.0 Å². The zero-order chi connectivity index (χ0) is 19.1. The number of imidazole rings is 1. The van der Waals surface area contributed by atoms with Gasteiger partial charge in [0.1, 0.15) is 12.4 Å². The van der Waals surface area contributed by atoms with E-state index in [1.165, 1.54) is 9.13 Å². The Balaban J connectivity index is 1.92. The molecule has 0 atom stereocenters. The van der Waals surface area contributed by atoms with E-state index >= 15 is 0 Å². The highest BCUT2D eigenvalue weighted by Gasteiger charge is 2.16. The van der Waals surface area contributed by atoms with Gasteiger partial charge in [-0.2, -0.15) is 0 Å². The van der Waals surface area contributed by atoms with Gasteiger partial charge in [0, 0.05) is 13.3 Å². The van der Waals surface area contributed by atoms with Crippen molar-refractivity contribution in [1.29, 1.82) is 0 Å². The number of aromatic nitrogens is 2. The summed E-state index contributed by atoms with van der Waals surface area (Å²) in [5.41, 5.74) is 0.592.